The number of para-hydroxylation sites is 1. The summed E-state index contributed by atoms with van der Waals surface area (Å²) in [6, 6.07) is 9.40. The van der Waals surface area contributed by atoms with Crippen LogP contribution in [-0.2, 0) is 0 Å². The Labute approximate surface area is 96.7 Å². The van der Waals surface area contributed by atoms with Crippen molar-refractivity contribution < 1.29 is 5.11 Å². The van der Waals surface area contributed by atoms with Crippen LogP contribution in [0.2, 0.25) is 0 Å². The number of benzene rings is 1. The van der Waals surface area contributed by atoms with Crippen LogP contribution in [0, 0.1) is 11.3 Å². The Morgan fingerprint density at radius 3 is 2.25 bits per heavy atom. The van der Waals surface area contributed by atoms with Gasteiger partial charge in [0.2, 0.25) is 0 Å². The first-order valence-corrected chi connectivity index (χ1v) is 5.27. The molecule has 0 bridgehead atoms. The molecule has 0 heterocycles. The molecule has 0 radical (unpaired) electrons. The van der Waals surface area contributed by atoms with E-state index in [2.05, 4.69) is 11.4 Å². The third-order valence-electron chi connectivity index (χ3n) is 3.02. The predicted molar refractivity (Wildman–Crippen MR) is 65.2 cm³/mol. The van der Waals surface area contributed by atoms with Crippen LogP contribution in [0.4, 0.5) is 5.69 Å². The number of nitrogens with zero attached hydrogens (tertiary/aromatic N) is 1. The summed E-state index contributed by atoms with van der Waals surface area (Å²) in [4.78, 5) is 0. The molecule has 1 rings (SSSR count). The molecule has 0 aliphatic carbocycles. The minimum absolute atomic E-state index is 0.514. The van der Waals surface area contributed by atoms with Gasteiger partial charge in [-0.05, 0) is 39.8 Å². The smallest absolute Gasteiger partial charge is 0.101 e. The van der Waals surface area contributed by atoms with Gasteiger partial charge in [0.1, 0.15) is 6.07 Å². The average molecular weight is 218 g/mol. The molecule has 0 amide bonds. The van der Waals surface area contributed by atoms with Gasteiger partial charge in [-0.1, -0.05) is 12.1 Å². The molecule has 0 spiro atoms. The second-order valence-corrected chi connectivity index (χ2v) is 4.97. The highest BCUT2D eigenvalue weighted by molar-refractivity contribution is 5.58. The lowest BCUT2D eigenvalue weighted by atomic mass is 9.85. The minimum atomic E-state index is -0.879. The molecule has 0 saturated carbocycles. The highest BCUT2D eigenvalue weighted by Gasteiger charge is 2.35. The lowest BCUT2D eigenvalue weighted by Crippen LogP contribution is -2.51. The molecule has 16 heavy (non-hydrogen) atoms. The van der Waals surface area contributed by atoms with E-state index in [9.17, 15) is 5.11 Å². The second kappa shape index (κ2) is 4.15. The second-order valence-electron chi connectivity index (χ2n) is 4.97. The van der Waals surface area contributed by atoms with Gasteiger partial charge in [0, 0.05) is 0 Å². The van der Waals surface area contributed by atoms with Gasteiger partial charge in [0.05, 0.1) is 22.4 Å². The zero-order valence-corrected chi connectivity index (χ0v) is 10.2. The summed E-state index contributed by atoms with van der Waals surface area (Å²) >= 11 is 0. The van der Waals surface area contributed by atoms with Crippen LogP contribution in [0.3, 0.4) is 0 Å². The summed E-state index contributed by atoms with van der Waals surface area (Å²) in [5, 5.41) is 22.2. The van der Waals surface area contributed by atoms with Gasteiger partial charge in [-0.3, -0.25) is 0 Å². The van der Waals surface area contributed by atoms with E-state index < -0.39 is 11.1 Å². The van der Waals surface area contributed by atoms with Gasteiger partial charge in [-0.2, -0.15) is 5.26 Å². The summed E-state index contributed by atoms with van der Waals surface area (Å²) in [7, 11) is 0. The standard InChI is InChI=1S/C13H18N2O/c1-12(2,13(3,4)16)15-11-8-6-5-7-10(11)9-14/h5-8,15-16H,1-4H3. The summed E-state index contributed by atoms with van der Waals surface area (Å²) in [6.07, 6.45) is 0. The Balaban J connectivity index is 3.02. The molecule has 0 aromatic heterocycles. The highest BCUT2D eigenvalue weighted by atomic mass is 16.3. The van der Waals surface area contributed by atoms with E-state index >= 15 is 0 Å². The van der Waals surface area contributed by atoms with Gasteiger partial charge in [-0.25, -0.2) is 0 Å². The summed E-state index contributed by atoms with van der Waals surface area (Å²) in [5.74, 6) is 0. The van der Waals surface area contributed by atoms with Gasteiger partial charge in [-0.15, -0.1) is 0 Å². The van der Waals surface area contributed by atoms with Crippen LogP contribution in [-0.4, -0.2) is 16.2 Å². The first kappa shape index (κ1) is 12.5. The van der Waals surface area contributed by atoms with Gasteiger partial charge in [0.15, 0.2) is 0 Å². The Morgan fingerprint density at radius 1 is 1.19 bits per heavy atom. The van der Waals surface area contributed by atoms with Crippen LogP contribution < -0.4 is 5.32 Å². The van der Waals surface area contributed by atoms with Crippen molar-refractivity contribution in [3.05, 3.63) is 29.8 Å². The SMILES string of the molecule is CC(C)(O)C(C)(C)Nc1ccccc1C#N. The van der Waals surface area contributed by atoms with E-state index in [4.69, 9.17) is 5.26 Å². The number of rotatable bonds is 3. The van der Waals surface area contributed by atoms with E-state index in [-0.39, 0.29) is 0 Å². The molecule has 0 atom stereocenters. The zero-order valence-electron chi connectivity index (χ0n) is 10.2. The third-order valence-corrected chi connectivity index (χ3v) is 3.02. The van der Waals surface area contributed by atoms with Crippen LogP contribution in [0.25, 0.3) is 0 Å². The van der Waals surface area contributed by atoms with E-state index in [1.807, 2.05) is 32.0 Å². The lowest BCUT2D eigenvalue weighted by molar-refractivity contribution is 0.0240. The molecule has 0 fully saturated rings. The monoisotopic (exact) mass is 218 g/mol. The van der Waals surface area contributed by atoms with Gasteiger partial charge < -0.3 is 10.4 Å². The molecular formula is C13H18N2O. The number of hydrogen-bond acceptors (Lipinski definition) is 3. The lowest BCUT2D eigenvalue weighted by Gasteiger charge is -2.39. The number of aliphatic hydroxyl groups is 1. The summed E-state index contributed by atoms with van der Waals surface area (Å²) < 4.78 is 0. The first-order valence-electron chi connectivity index (χ1n) is 5.27. The van der Waals surface area contributed by atoms with E-state index in [0.717, 1.165) is 5.69 Å². The van der Waals surface area contributed by atoms with Crippen LogP contribution in [0.15, 0.2) is 24.3 Å². The molecular weight excluding hydrogens is 200 g/mol. The Kier molecular flexibility index (Phi) is 3.25. The normalized spacial score (nSPS) is 12.0. The van der Waals surface area contributed by atoms with Crippen molar-refractivity contribution >= 4 is 5.69 Å². The van der Waals surface area contributed by atoms with E-state index in [1.165, 1.54) is 0 Å². The molecule has 0 unspecified atom stereocenters. The van der Waals surface area contributed by atoms with E-state index in [1.54, 1.807) is 19.9 Å². The van der Waals surface area contributed by atoms with Crippen LogP contribution in [0.5, 0.6) is 0 Å². The molecule has 1 aromatic carbocycles. The minimum Gasteiger partial charge on any atom is -0.388 e. The van der Waals surface area contributed by atoms with Crippen molar-refractivity contribution in [2.45, 2.75) is 38.8 Å². The maximum atomic E-state index is 10.0. The quantitative estimate of drug-likeness (QED) is 0.819. The number of hydrogen-bond donors (Lipinski definition) is 2. The van der Waals surface area contributed by atoms with Crippen molar-refractivity contribution in [3.8, 4) is 6.07 Å². The van der Waals surface area contributed by atoms with Crippen molar-refractivity contribution in [2.24, 2.45) is 0 Å². The van der Waals surface area contributed by atoms with E-state index in [0.29, 0.717) is 5.56 Å². The molecule has 3 nitrogen and oxygen atoms in total. The van der Waals surface area contributed by atoms with Gasteiger partial charge in [0.25, 0.3) is 0 Å². The Bertz CT molecular complexity index is 411. The third kappa shape index (κ3) is 2.53. The van der Waals surface area contributed by atoms with Crippen molar-refractivity contribution in [2.75, 3.05) is 5.32 Å². The highest BCUT2D eigenvalue weighted by Crippen LogP contribution is 2.27. The van der Waals surface area contributed by atoms with Crippen molar-refractivity contribution in [3.63, 3.8) is 0 Å². The maximum absolute atomic E-state index is 10.0. The van der Waals surface area contributed by atoms with Crippen LogP contribution in [0.1, 0.15) is 33.3 Å². The summed E-state index contributed by atoms with van der Waals surface area (Å²) in [6.45, 7) is 7.30. The number of nitriles is 1. The molecule has 0 saturated heterocycles. The number of anilines is 1. The Morgan fingerprint density at radius 2 is 1.75 bits per heavy atom. The largest absolute Gasteiger partial charge is 0.388 e. The number of nitrogens with one attached hydrogen (secondary N) is 1. The molecule has 0 aliphatic rings. The maximum Gasteiger partial charge on any atom is 0.101 e. The van der Waals surface area contributed by atoms with Crippen molar-refractivity contribution in [1.82, 2.24) is 0 Å². The molecule has 0 aliphatic heterocycles. The molecule has 1 aromatic rings. The fourth-order valence-corrected chi connectivity index (χ4v) is 1.18. The predicted octanol–water partition coefficient (Wildman–Crippen LogP) is 2.52. The molecule has 2 N–H and O–H groups in total. The summed E-state index contributed by atoms with van der Waals surface area (Å²) in [5.41, 5.74) is -0.0628. The topological polar surface area (TPSA) is 56.0 Å². The Hall–Kier alpha value is -1.53. The molecule has 3 heteroatoms. The molecule has 86 valence electrons. The van der Waals surface area contributed by atoms with Gasteiger partial charge >= 0.3 is 0 Å². The average Bonchev–Trinajstić information content (AvgIpc) is 2.16. The first-order chi connectivity index (χ1) is 7.28. The fourth-order valence-electron chi connectivity index (χ4n) is 1.18. The fraction of sp³-hybridized carbons (Fsp3) is 0.462. The van der Waals surface area contributed by atoms with Crippen molar-refractivity contribution in [1.29, 1.82) is 5.26 Å². The van der Waals surface area contributed by atoms with Crippen LogP contribution >= 0.6 is 0 Å². The zero-order chi connectivity index (χ0) is 12.4.